The Morgan fingerprint density at radius 3 is 2.69 bits per heavy atom. The van der Waals surface area contributed by atoms with Gasteiger partial charge in [0, 0.05) is 12.6 Å². The van der Waals surface area contributed by atoms with Crippen LogP contribution in [0, 0.1) is 5.92 Å². The Morgan fingerprint density at radius 1 is 1.54 bits per heavy atom. The van der Waals surface area contributed by atoms with E-state index in [0.717, 1.165) is 9.05 Å². The van der Waals surface area contributed by atoms with Gasteiger partial charge in [0.25, 0.3) is 0 Å². The lowest BCUT2D eigenvalue weighted by Gasteiger charge is -2.17. The molecule has 0 amide bonds. The highest BCUT2D eigenvalue weighted by Gasteiger charge is 2.12. The molecule has 0 aliphatic heterocycles. The fraction of sp³-hybridized carbons (Fsp3) is 0.714. The second kappa shape index (κ2) is 4.88. The van der Waals surface area contributed by atoms with Crippen LogP contribution in [0.1, 0.15) is 13.8 Å². The van der Waals surface area contributed by atoms with Gasteiger partial charge in [0.1, 0.15) is 0 Å². The fourth-order valence-electron chi connectivity index (χ4n) is 0.759. The Hall–Kier alpha value is -0.200. The summed E-state index contributed by atoms with van der Waals surface area (Å²) >= 11 is 4.68. The second-order valence-electron chi connectivity index (χ2n) is 2.95. The molecule has 0 bridgehead atoms. The Kier molecular flexibility index (Phi) is 4.08. The maximum absolute atomic E-state index is 8.91. The molecule has 2 unspecified atom stereocenters. The third kappa shape index (κ3) is 3.21. The SMILES string of the molecule is CC(CO)C(C)Nc1nnc(Br)s1. The number of anilines is 1. The molecule has 13 heavy (non-hydrogen) atoms. The first-order valence-electron chi connectivity index (χ1n) is 4.00. The maximum atomic E-state index is 8.91. The summed E-state index contributed by atoms with van der Waals surface area (Å²) in [5.41, 5.74) is 0. The van der Waals surface area contributed by atoms with E-state index >= 15 is 0 Å². The average molecular weight is 266 g/mol. The van der Waals surface area contributed by atoms with Crippen molar-refractivity contribution in [3.05, 3.63) is 3.92 Å². The number of aromatic nitrogens is 2. The smallest absolute Gasteiger partial charge is 0.206 e. The molecule has 6 heteroatoms. The molecule has 74 valence electrons. The summed E-state index contributed by atoms with van der Waals surface area (Å²) in [5, 5.41) is 20.6. The van der Waals surface area contributed by atoms with E-state index in [2.05, 4.69) is 31.4 Å². The lowest BCUT2D eigenvalue weighted by Crippen LogP contribution is -2.26. The van der Waals surface area contributed by atoms with Gasteiger partial charge in [0.05, 0.1) is 0 Å². The van der Waals surface area contributed by atoms with E-state index in [-0.39, 0.29) is 18.6 Å². The van der Waals surface area contributed by atoms with Crippen LogP contribution in [0.15, 0.2) is 3.92 Å². The third-order valence-corrected chi connectivity index (χ3v) is 3.18. The molecule has 0 spiro atoms. The molecule has 1 aromatic rings. The van der Waals surface area contributed by atoms with Crippen LogP contribution < -0.4 is 5.32 Å². The topological polar surface area (TPSA) is 58.0 Å². The fourth-order valence-corrected chi connectivity index (χ4v) is 1.87. The van der Waals surface area contributed by atoms with Crippen LogP contribution in [0.25, 0.3) is 0 Å². The predicted molar refractivity (Wildman–Crippen MR) is 56.9 cm³/mol. The number of nitrogens with one attached hydrogen (secondary N) is 1. The predicted octanol–water partition coefficient (Wildman–Crippen LogP) is 1.73. The Morgan fingerprint density at radius 2 is 2.23 bits per heavy atom. The lowest BCUT2D eigenvalue weighted by molar-refractivity contribution is 0.226. The van der Waals surface area contributed by atoms with Crippen molar-refractivity contribution in [3.8, 4) is 0 Å². The van der Waals surface area contributed by atoms with Gasteiger partial charge in [0.15, 0.2) is 3.92 Å². The van der Waals surface area contributed by atoms with Crippen molar-refractivity contribution >= 4 is 32.4 Å². The number of aliphatic hydroxyl groups is 1. The van der Waals surface area contributed by atoms with Crippen LogP contribution in [-0.2, 0) is 0 Å². The normalized spacial score (nSPS) is 15.4. The van der Waals surface area contributed by atoms with Gasteiger partial charge < -0.3 is 10.4 Å². The zero-order valence-corrected chi connectivity index (χ0v) is 9.89. The molecular formula is C7H12BrN3OS. The number of nitrogens with zero attached hydrogens (tertiary/aromatic N) is 2. The van der Waals surface area contributed by atoms with Crippen LogP contribution in [0.2, 0.25) is 0 Å². The minimum atomic E-state index is 0.175. The van der Waals surface area contributed by atoms with Crippen LogP contribution in [0.5, 0.6) is 0 Å². The Bertz CT molecular complexity index is 268. The van der Waals surface area contributed by atoms with Gasteiger partial charge in [-0.3, -0.25) is 0 Å². The van der Waals surface area contributed by atoms with E-state index in [1.165, 1.54) is 11.3 Å². The van der Waals surface area contributed by atoms with E-state index in [1.807, 2.05) is 13.8 Å². The minimum Gasteiger partial charge on any atom is -0.396 e. The molecule has 0 radical (unpaired) electrons. The van der Waals surface area contributed by atoms with Gasteiger partial charge in [-0.2, -0.15) is 0 Å². The number of halogens is 1. The first-order valence-corrected chi connectivity index (χ1v) is 5.61. The average Bonchev–Trinajstić information content (AvgIpc) is 2.49. The molecule has 0 aliphatic rings. The quantitative estimate of drug-likeness (QED) is 0.871. The molecule has 4 nitrogen and oxygen atoms in total. The highest BCUT2D eigenvalue weighted by Crippen LogP contribution is 2.21. The molecule has 1 rings (SSSR count). The summed E-state index contributed by atoms with van der Waals surface area (Å²) in [6.07, 6.45) is 0. The van der Waals surface area contributed by atoms with Crippen molar-refractivity contribution in [1.82, 2.24) is 10.2 Å². The van der Waals surface area contributed by atoms with E-state index < -0.39 is 0 Å². The Balaban J connectivity index is 2.49. The molecule has 2 N–H and O–H groups in total. The van der Waals surface area contributed by atoms with Gasteiger partial charge in [-0.05, 0) is 28.8 Å². The summed E-state index contributed by atoms with van der Waals surface area (Å²) < 4.78 is 0.763. The molecule has 0 aromatic carbocycles. The second-order valence-corrected chi connectivity index (χ2v) is 5.21. The third-order valence-electron chi connectivity index (χ3n) is 1.89. The molecular weight excluding hydrogens is 254 g/mol. The molecule has 1 aromatic heterocycles. The van der Waals surface area contributed by atoms with Crippen molar-refractivity contribution in [2.45, 2.75) is 19.9 Å². The summed E-state index contributed by atoms with van der Waals surface area (Å²) in [6, 6.07) is 0.199. The monoisotopic (exact) mass is 265 g/mol. The largest absolute Gasteiger partial charge is 0.396 e. The zero-order chi connectivity index (χ0) is 9.84. The molecule has 0 fully saturated rings. The van der Waals surface area contributed by atoms with E-state index in [0.29, 0.717) is 0 Å². The maximum Gasteiger partial charge on any atom is 0.206 e. The van der Waals surface area contributed by atoms with Gasteiger partial charge in [-0.25, -0.2) is 0 Å². The van der Waals surface area contributed by atoms with Crippen molar-refractivity contribution in [1.29, 1.82) is 0 Å². The van der Waals surface area contributed by atoms with Gasteiger partial charge in [-0.1, -0.05) is 18.3 Å². The highest BCUT2D eigenvalue weighted by atomic mass is 79.9. The van der Waals surface area contributed by atoms with E-state index in [9.17, 15) is 0 Å². The van der Waals surface area contributed by atoms with Crippen LogP contribution in [0.4, 0.5) is 5.13 Å². The number of hydrogen-bond acceptors (Lipinski definition) is 5. The summed E-state index contributed by atoms with van der Waals surface area (Å²) in [4.78, 5) is 0. The van der Waals surface area contributed by atoms with Crippen molar-refractivity contribution in [2.24, 2.45) is 5.92 Å². The van der Waals surface area contributed by atoms with Crippen LogP contribution in [-0.4, -0.2) is 28.0 Å². The summed E-state index contributed by atoms with van der Waals surface area (Å²) in [6.45, 7) is 4.16. The van der Waals surface area contributed by atoms with E-state index in [1.54, 1.807) is 0 Å². The molecule has 0 saturated carbocycles. The van der Waals surface area contributed by atoms with Gasteiger partial charge in [-0.15, -0.1) is 10.2 Å². The first-order chi connectivity index (χ1) is 6.13. The van der Waals surface area contributed by atoms with Crippen LogP contribution >= 0.6 is 27.3 Å². The number of aliphatic hydroxyl groups excluding tert-OH is 1. The van der Waals surface area contributed by atoms with Crippen molar-refractivity contribution in [3.63, 3.8) is 0 Å². The molecule has 2 atom stereocenters. The van der Waals surface area contributed by atoms with Crippen molar-refractivity contribution < 1.29 is 5.11 Å². The molecule has 0 aliphatic carbocycles. The van der Waals surface area contributed by atoms with E-state index in [4.69, 9.17) is 5.11 Å². The molecule has 1 heterocycles. The van der Waals surface area contributed by atoms with Gasteiger partial charge in [0.2, 0.25) is 5.13 Å². The number of rotatable bonds is 4. The minimum absolute atomic E-state index is 0.175. The lowest BCUT2D eigenvalue weighted by atomic mass is 10.1. The molecule has 0 saturated heterocycles. The first kappa shape index (κ1) is 10.9. The number of hydrogen-bond donors (Lipinski definition) is 2. The summed E-state index contributed by atoms with van der Waals surface area (Å²) in [7, 11) is 0. The zero-order valence-electron chi connectivity index (χ0n) is 7.49. The van der Waals surface area contributed by atoms with Crippen LogP contribution in [0.3, 0.4) is 0 Å². The van der Waals surface area contributed by atoms with Gasteiger partial charge >= 0.3 is 0 Å². The standard InChI is InChI=1S/C7H12BrN3OS/c1-4(3-12)5(2)9-7-11-10-6(8)13-7/h4-5,12H,3H2,1-2H3,(H,9,11). The van der Waals surface area contributed by atoms with Crippen molar-refractivity contribution in [2.75, 3.05) is 11.9 Å². The summed E-state index contributed by atoms with van der Waals surface area (Å²) in [5.74, 6) is 0.211. The Labute approximate surface area is 89.5 Å². The highest BCUT2D eigenvalue weighted by molar-refractivity contribution is 9.11.